The number of hydrogen-bond acceptors (Lipinski definition) is 8. The molecule has 1 saturated carbocycles. The summed E-state index contributed by atoms with van der Waals surface area (Å²) in [5, 5.41) is 6.05. The largest absolute Gasteiger partial charge is 0.760 e. The van der Waals surface area contributed by atoms with Crippen LogP contribution >= 0.6 is 0 Å². The number of hydrogen-bond donors (Lipinski definition) is 2. The number of carbonyl (C=O) groups is 3. The summed E-state index contributed by atoms with van der Waals surface area (Å²) in [4.78, 5) is 43.3. The molecule has 12 heteroatoms. The van der Waals surface area contributed by atoms with Crippen LogP contribution in [0.2, 0.25) is 0 Å². The van der Waals surface area contributed by atoms with Gasteiger partial charge >= 0.3 is 5.97 Å². The Morgan fingerprint density at radius 3 is 2.45 bits per heavy atom. The van der Waals surface area contributed by atoms with Gasteiger partial charge in [0.05, 0.1) is 30.3 Å². The Labute approximate surface area is 276 Å². The first-order valence-corrected chi connectivity index (χ1v) is 16.7. The van der Waals surface area contributed by atoms with E-state index in [0.717, 1.165) is 29.5 Å². The van der Waals surface area contributed by atoms with Crippen LogP contribution in [0.3, 0.4) is 0 Å². The molecule has 0 saturated heterocycles. The second kappa shape index (κ2) is 15.0. The number of amides is 2. The monoisotopic (exact) mass is 659 g/mol. The van der Waals surface area contributed by atoms with Crippen LogP contribution < -0.4 is 10.6 Å². The minimum atomic E-state index is -2.56. The molecular weight excluding hydrogens is 620 g/mol. The van der Waals surface area contributed by atoms with Crippen LogP contribution in [0, 0.1) is 12.8 Å². The smallest absolute Gasteiger partial charge is 0.333 e. The highest BCUT2D eigenvalue weighted by Crippen LogP contribution is 2.44. The van der Waals surface area contributed by atoms with Gasteiger partial charge in [-0.25, -0.2) is 14.1 Å². The second-order valence-corrected chi connectivity index (χ2v) is 12.9. The molecule has 1 fully saturated rings. The molecule has 0 spiro atoms. The maximum Gasteiger partial charge on any atom is 0.333 e. The quantitative estimate of drug-likeness (QED) is 0.140. The maximum absolute atomic E-state index is 13.1. The summed E-state index contributed by atoms with van der Waals surface area (Å²) >= 11 is -2.56. The number of rotatable bonds is 14. The topological polar surface area (TPSA) is 154 Å². The Kier molecular flexibility index (Phi) is 10.8. The first-order chi connectivity index (χ1) is 22.6. The van der Waals surface area contributed by atoms with Gasteiger partial charge in [0, 0.05) is 36.3 Å². The van der Waals surface area contributed by atoms with E-state index in [1.807, 2.05) is 43.3 Å². The molecule has 1 aliphatic carbocycles. The summed E-state index contributed by atoms with van der Waals surface area (Å²) in [6.07, 6.45) is 2.68. The van der Waals surface area contributed by atoms with Crippen LogP contribution in [-0.4, -0.2) is 56.5 Å². The molecule has 3 atom stereocenters. The third kappa shape index (κ3) is 7.95. The standard InChI is InChI=1S/C35H40N4O7S/c1-21-12-14-25(15-13-21)31-29(33(41)36-3)27-19-26(23-16-17-23)28(37-34(27)46-31)20-39(47(43)44)18-8-9-22(2)32(40)38-30(35(42)45-4)24-10-6-5-7-11-24/h5-7,10-15,19,22-23,30H,8-9,16-18,20H2,1-4H3,(H,36,41)(H,38,40)(H,43,44)/p-1. The number of ether oxygens (including phenoxy) is 1. The molecule has 47 heavy (non-hydrogen) atoms. The van der Waals surface area contributed by atoms with Gasteiger partial charge in [-0.1, -0.05) is 67.1 Å². The van der Waals surface area contributed by atoms with E-state index in [9.17, 15) is 23.1 Å². The Balaban J connectivity index is 1.32. The average molecular weight is 660 g/mol. The van der Waals surface area contributed by atoms with Gasteiger partial charge in [0.15, 0.2) is 6.04 Å². The summed E-state index contributed by atoms with van der Waals surface area (Å²) in [6.45, 7) is 3.89. The van der Waals surface area contributed by atoms with E-state index in [1.54, 1.807) is 38.2 Å². The van der Waals surface area contributed by atoms with Crippen LogP contribution in [0.25, 0.3) is 22.4 Å². The van der Waals surface area contributed by atoms with Crippen LogP contribution in [0.4, 0.5) is 0 Å². The van der Waals surface area contributed by atoms with Crippen molar-refractivity contribution in [1.82, 2.24) is 19.9 Å². The van der Waals surface area contributed by atoms with E-state index >= 15 is 0 Å². The highest BCUT2D eigenvalue weighted by Gasteiger charge is 2.31. The number of furan rings is 1. The first kappa shape index (κ1) is 34.0. The van der Waals surface area contributed by atoms with E-state index in [2.05, 4.69) is 10.6 Å². The average Bonchev–Trinajstić information content (AvgIpc) is 3.86. The van der Waals surface area contributed by atoms with Gasteiger partial charge < -0.3 is 24.3 Å². The molecule has 11 nitrogen and oxygen atoms in total. The molecule has 0 aliphatic heterocycles. The predicted molar refractivity (Wildman–Crippen MR) is 177 cm³/mol. The second-order valence-electron chi connectivity index (χ2n) is 11.9. The van der Waals surface area contributed by atoms with Crippen LogP contribution in [0.5, 0.6) is 0 Å². The van der Waals surface area contributed by atoms with Crippen molar-refractivity contribution in [3.8, 4) is 11.3 Å². The Hall–Kier alpha value is -4.39. The van der Waals surface area contributed by atoms with Crippen molar-refractivity contribution >= 4 is 40.1 Å². The minimum Gasteiger partial charge on any atom is -0.760 e. The van der Waals surface area contributed by atoms with Gasteiger partial charge in [-0.2, -0.15) is 0 Å². The molecule has 2 aromatic carbocycles. The number of nitrogens with zero attached hydrogens (tertiary/aromatic N) is 2. The molecule has 2 heterocycles. The number of nitrogens with one attached hydrogen (secondary N) is 2. The molecule has 0 radical (unpaired) electrons. The third-order valence-corrected chi connectivity index (χ3v) is 9.20. The predicted octanol–water partition coefficient (Wildman–Crippen LogP) is 5.08. The maximum atomic E-state index is 13.1. The molecule has 3 unspecified atom stereocenters. The Morgan fingerprint density at radius 1 is 1.13 bits per heavy atom. The Bertz CT molecular complexity index is 1770. The zero-order valence-electron chi connectivity index (χ0n) is 26.9. The van der Waals surface area contributed by atoms with Crippen LogP contribution in [0.15, 0.2) is 65.1 Å². The van der Waals surface area contributed by atoms with E-state index < -0.39 is 29.2 Å². The molecule has 2 amide bonds. The van der Waals surface area contributed by atoms with Crippen LogP contribution in [-0.2, 0) is 32.1 Å². The number of carbonyl (C=O) groups excluding carboxylic acids is 3. The van der Waals surface area contributed by atoms with Gasteiger partial charge in [-0.3, -0.25) is 13.8 Å². The third-order valence-electron chi connectivity index (χ3n) is 8.47. The molecular formula is C35H39N4O7S-. The molecule has 0 bridgehead atoms. The fraction of sp³-hybridized carbons (Fsp3) is 0.371. The van der Waals surface area contributed by atoms with E-state index in [-0.39, 0.29) is 36.5 Å². The van der Waals surface area contributed by atoms with Crippen LogP contribution in [0.1, 0.15) is 77.3 Å². The Morgan fingerprint density at radius 2 is 1.83 bits per heavy atom. The number of benzene rings is 2. The van der Waals surface area contributed by atoms with Crippen molar-refractivity contribution < 1.29 is 32.3 Å². The fourth-order valence-electron chi connectivity index (χ4n) is 5.61. The fourth-order valence-corrected chi connectivity index (χ4v) is 6.12. The molecule has 2 N–H and O–H groups in total. The van der Waals surface area contributed by atoms with Crippen molar-refractivity contribution in [2.45, 2.75) is 58.0 Å². The highest BCUT2D eigenvalue weighted by atomic mass is 32.2. The molecule has 248 valence electrons. The molecule has 4 aromatic rings. The molecule has 1 aliphatic rings. The van der Waals surface area contributed by atoms with Gasteiger partial charge in [0.25, 0.3) is 5.91 Å². The highest BCUT2D eigenvalue weighted by molar-refractivity contribution is 7.76. The van der Waals surface area contributed by atoms with Gasteiger partial charge in [0.1, 0.15) is 5.76 Å². The number of aryl methyl sites for hydroxylation is 1. The molecule has 2 aromatic heterocycles. The lowest BCUT2D eigenvalue weighted by Gasteiger charge is -2.25. The van der Waals surface area contributed by atoms with E-state index in [4.69, 9.17) is 14.1 Å². The summed E-state index contributed by atoms with van der Waals surface area (Å²) < 4.78 is 37.1. The number of methoxy groups -OCH3 is 1. The van der Waals surface area contributed by atoms with Gasteiger partial charge in [-0.15, -0.1) is 0 Å². The van der Waals surface area contributed by atoms with Crippen molar-refractivity contribution in [2.75, 3.05) is 20.7 Å². The lowest BCUT2D eigenvalue weighted by Crippen LogP contribution is -2.37. The summed E-state index contributed by atoms with van der Waals surface area (Å²) in [5.74, 6) is -1.07. The van der Waals surface area contributed by atoms with Gasteiger partial charge in [0.2, 0.25) is 11.6 Å². The summed E-state index contributed by atoms with van der Waals surface area (Å²) in [6, 6.07) is 17.5. The lowest BCUT2D eigenvalue weighted by atomic mass is 10.0. The molecule has 5 rings (SSSR count). The number of esters is 1. The zero-order chi connectivity index (χ0) is 33.7. The zero-order valence-corrected chi connectivity index (χ0v) is 27.7. The number of pyridine rings is 1. The van der Waals surface area contributed by atoms with Gasteiger partial charge in [-0.05, 0) is 55.7 Å². The van der Waals surface area contributed by atoms with E-state index in [0.29, 0.717) is 40.8 Å². The normalized spacial score (nSPS) is 14.9. The number of fused-ring (bicyclic) bond motifs is 1. The van der Waals surface area contributed by atoms with Crippen molar-refractivity contribution in [3.63, 3.8) is 0 Å². The first-order valence-electron chi connectivity index (χ1n) is 15.6. The van der Waals surface area contributed by atoms with Crippen molar-refractivity contribution in [1.29, 1.82) is 0 Å². The lowest BCUT2D eigenvalue weighted by molar-refractivity contribution is -0.145. The minimum absolute atomic E-state index is 0.0206. The summed E-state index contributed by atoms with van der Waals surface area (Å²) in [5.41, 5.74) is 4.55. The number of aromatic nitrogens is 1. The summed E-state index contributed by atoms with van der Waals surface area (Å²) in [7, 11) is 2.83. The van der Waals surface area contributed by atoms with Crippen molar-refractivity contribution in [2.24, 2.45) is 5.92 Å². The SMILES string of the molecule is CNC(=O)c1c(-c2ccc(C)cc2)oc2nc(CN(CCCC(C)C(=O)NC(C(=O)OC)c3ccccc3)S(=O)[O-])c(C3CC3)cc12. The van der Waals surface area contributed by atoms with E-state index in [1.165, 1.54) is 11.4 Å². The van der Waals surface area contributed by atoms with Crippen molar-refractivity contribution in [3.05, 3.63) is 88.6 Å².